The number of ether oxygens (including phenoxy) is 1. The number of hydrogen-bond donors (Lipinski definition) is 1. The van der Waals surface area contributed by atoms with E-state index in [1.807, 2.05) is 11.6 Å². The lowest BCUT2D eigenvalue weighted by Crippen LogP contribution is -2.37. The lowest BCUT2D eigenvalue weighted by Gasteiger charge is -2.28. The molecule has 2 heterocycles. The van der Waals surface area contributed by atoms with Crippen molar-refractivity contribution in [3.8, 4) is 0 Å². The van der Waals surface area contributed by atoms with E-state index in [0.717, 1.165) is 23.0 Å². The normalized spacial score (nSPS) is 13.1. The second kappa shape index (κ2) is 5.69. The minimum Gasteiger partial charge on any atom is -0.383 e. The molecule has 0 radical (unpaired) electrons. The van der Waals surface area contributed by atoms with Crippen LogP contribution in [-0.2, 0) is 11.3 Å². The Balaban J connectivity index is 2.40. The van der Waals surface area contributed by atoms with Crippen molar-refractivity contribution in [3.63, 3.8) is 0 Å². The van der Waals surface area contributed by atoms with Gasteiger partial charge in [-0.1, -0.05) is 0 Å². The molecular weight excluding hydrogens is 248 g/mol. The monoisotopic (exact) mass is 268 g/mol. The molecule has 0 amide bonds. The van der Waals surface area contributed by atoms with Crippen LogP contribution in [0.15, 0.2) is 11.6 Å². The fraction of sp³-hybridized carbons (Fsp3) is 0.583. The van der Waals surface area contributed by atoms with Gasteiger partial charge in [-0.15, -0.1) is 11.3 Å². The zero-order chi connectivity index (χ0) is 13.1. The molecule has 0 aliphatic carbocycles. The summed E-state index contributed by atoms with van der Waals surface area (Å²) in [5.41, 5.74) is 6.94. The maximum absolute atomic E-state index is 5.87. The van der Waals surface area contributed by atoms with Gasteiger partial charge in [-0.25, -0.2) is 4.98 Å². The number of nitrogens with two attached hydrogens (primary N) is 1. The van der Waals surface area contributed by atoms with Gasteiger partial charge in [0.15, 0.2) is 10.8 Å². The average Bonchev–Trinajstić information content (AvgIpc) is 2.90. The molecule has 2 aromatic heterocycles. The van der Waals surface area contributed by atoms with E-state index in [1.165, 1.54) is 0 Å². The molecule has 0 aliphatic heterocycles. The summed E-state index contributed by atoms with van der Waals surface area (Å²) in [6.45, 7) is 6.33. The molecule has 0 aliphatic rings. The Labute approximate surface area is 111 Å². The van der Waals surface area contributed by atoms with Crippen LogP contribution in [0.25, 0.3) is 4.96 Å². The standard InChI is InChI=1S/C12H20N4OS/c1-4-15(9(2)8-17-3)11-10(7-13)16-5-6-18-12(16)14-11/h5-6,9H,4,7-8,13H2,1-3H3. The van der Waals surface area contributed by atoms with E-state index in [9.17, 15) is 0 Å². The van der Waals surface area contributed by atoms with Crippen LogP contribution in [0.3, 0.4) is 0 Å². The number of rotatable bonds is 6. The Kier molecular flexibility index (Phi) is 4.21. The van der Waals surface area contributed by atoms with Crippen LogP contribution in [0.1, 0.15) is 19.5 Å². The largest absolute Gasteiger partial charge is 0.383 e. The van der Waals surface area contributed by atoms with Crippen LogP contribution in [0.2, 0.25) is 0 Å². The van der Waals surface area contributed by atoms with Gasteiger partial charge < -0.3 is 15.4 Å². The number of nitrogens with zero attached hydrogens (tertiary/aromatic N) is 3. The lowest BCUT2D eigenvalue weighted by atomic mass is 10.2. The van der Waals surface area contributed by atoms with Crippen LogP contribution < -0.4 is 10.6 Å². The third kappa shape index (κ3) is 2.23. The topological polar surface area (TPSA) is 55.8 Å². The molecule has 5 nitrogen and oxygen atoms in total. The fourth-order valence-corrected chi connectivity index (χ4v) is 2.97. The molecule has 2 N–H and O–H groups in total. The van der Waals surface area contributed by atoms with Crippen molar-refractivity contribution in [2.24, 2.45) is 5.73 Å². The molecule has 2 aromatic rings. The quantitative estimate of drug-likeness (QED) is 0.866. The lowest BCUT2D eigenvalue weighted by molar-refractivity contribution is 0.181. The fourth-order valence-electron chi connectivity index (χ4n) is 2.24. The minimum atomic E-state index is 0.287. The first-order chi connectivity index (χ1) is 8.72. The second-order valence-corrected chi connectivity index (χ2v) is 5.11. The highest BCUT2D eigenvalue weighted by atomic mass is 32.1. The number of anilines is 1. The molecule has 1 unspecified atom stereocenters. The van der Waals surface area contributed by atoms with Gasteiger partial charge >= 0.3 is 0 Å². The van der Waals surface area contributed by atoms with E-state index in [-0.39, 0.29) is 6.04 Å². The van der Waals surface area contributed by atoms with Crippen LogP contribution in [0.5, 0.6) is 0 Å². The predicted molar refractivity (Wildman–Crippen MR) is 75.3 cm³/mol. The smallest absolute Gasteiger partial charge is 0.195 e. The molecule has 18 heavy (non-hydrogen) atoms. The Hall–Kier alpha value is -1.11. The SMILES string of the molecule is CCN(c1nc2sccn2c1CN)C(C)COC. The molecule has 0 bridgehead atoms. The molecule has 0 saturated heterocycles. The molecular formula is C12H20N4OS. The Bertz CT molecular complexity index is 507. The summed E-state index contributed by atoms with van der Waals surface area (Å²) >= 11 is 1.63. The van der Waals surface area contributed by atoms with Crippen LogP contribution in [-0.4, -0.2) is 35.7 Å². The number of fused-ring (bicyclic) bond motifs is 1. The van der Waals surface area contributed by atoms with Crippen molar-refractivity contribution in [2.75, 3.05) is 25.2 Å². The maximum Gasteiger partial charge on any atom is 0.195 e. The van der Waals surface area contributed by atoms with Gasteiger partial charge in [0.2, 0.25) is 0 Å². The summed E-state index contributed by atoms with van der Waals surface area (Å²) in [6, 6.07) is 0.287. The third-order valence-electron chi connectivity index (χ3n) is 3.09. The Morgan fingerprint density at radius 1 is 1.61 bits per heavy atom. The van der Waals surface area contributed by atoms with Crippen LogP contribution in [0, 0.1) is 0 Å². The molecule has 6 heteroatoms. The van der Waals surface area contributed by atoms with Crippen LogP contribution in [0.4, 0.5) is 5.82 Å². The molecule has 100 valence electrons. The molecule has 0 aromatic carbocycles. The highest BCUT2D eigenvalue weighted by Gasteiger charge is 2.21. The van der Waals surface area contributed by atoms with Crippen molar-refractivity contribution in [3.05, 3.63) is 17.3 Å². The van der Waals surface area contributed by atoms with Gasteiger partial charge in [0.1, 0.15) is 0 Å². The van der Waals surface area contributed by atoms with Gasteiger partial charge in [-0.05, 0) is 13.8 Å². The van der Waals surface area contributed by atoms with Gasteiger partial charge in [-0.3, -0.25) is 4.40 Å². The maximum atomic E-state index is 5.87. The number of thiazole rings is 1. The van der Waals surface area contributed by atoms with Gasteiger partial charge in [-0.2, -0.15) is 0 Å². The van der Waals surface area contributed by atoms with E-state index in [1.54, 1.807) is 18.4 Å². The average molecular weight is 268 g/mol. The molecule has 1 atom stereocenters. The van der Waals surface area contributed by atoms with Crippen molar-refractivity contribution in [1.82, 2.24) is 9.38 Å². The highest BCUT2D eigenvalue weighted by Crippen LogP contribution is 2.25. The van der Waals surface area contributed by atoms with Gasteiger partial charge in [0.05, 0.1) is 18.3 Å². The minimum absolute atomic E-state index is 0.287. The van der Waals surface area contributed by atoms with Crippen molar-refractivity contribution >= 4 is 22.1 Å². The molecule has 0 spiro atoms. The first-order valence-corrected chi connectivity index (χ1v) is 7.00. The van der Waals surface area contributed by atoms with Crippen molar-refractivity contribution in [1.29, 1.82) is 0 Å². The summed E-state index contributed by atoms with van der Waals surface area (Å²) in [5.74, 6) is 0.983. The van der Waals surface area contributed by atoms with Crippen LogP contribution >= 0.6 is 11.3 Å². The van der Waals surface area contributed by atoms with E-state index in [2.05, 4.69) is 28.1 Å². The zero-order valence-corrected chi connectivity index (χ0v) is 11.9. The van der Waals surface area contributed by atoms with E-state index in [4.69, 9.17) is 10.5 Å². The number of hydrogen-bond acceptors (Lipinski definition) is 5. The third-order valence-corrected chi connectivity index (χ3v) is 3.84. The van der Waals surface area contributed by atoms with Crippen molar-refractivity contribution in [2.45, 2.75) is 26.4 Å². The van der Waals surface area contributed by atoms with Crippen molar-refractivity contribution < 1.29 is 4.74 Å². The summed E-state index contributed by atoms with van der Waals surface area (Å²) in [4.78, 5) is 7.93. The Morgan fingerprint density at radius 2 is 2.39 bits per heavy atom. The number of methoxy groups -OCH3 is 1. The first kappa shape index (κ1) is 13.3. The highest BCUT2D eigenvalue weighted by molar-refractivity contribution is 7.15. The summed E-state index contributed by atoms with van der Waals surface area (Å²) in [7, 11) is 1.72. The van der Waals surface area contributed by atoms with E-state index in [0.29, 0.717) is 13.2 Å². The number of aromatic nitrogens is 2. The zero-order valence-electron chi connectivity index (χ0n) is 11.1. The van der Waals surface area contributed by atoms with E-state index >= 15 is 0 Å². The second-order valence-electron chi connectivity index (χ2n) is 4.23. The van der Waals surface area contributed by atoms with Gasteiger partial charge in [0.25, 0.3) is 0 Å². The number of imidazole rings is 1. The van der Waals surface area contributed by atoms with Gasteiger partial charge in [0, 0.05) is 31.8 Å². The summed E-state index contributed by atoms with van der Waals surface area (Å²) in [6.07, 6.45) is 2.02. The number of likely N-dealkylation sites (N-methyl/N-ethyl adjacent to an activating group) is 1. The summed E-state index contributed by atoms with van der Waals surface area (Å²) < 4.78 is 7.30. The summed E-state index contributed by atoms with van der Waals surface area (Å²) in [5, 5.41) is 2.03. The molecule has 2 rings (SSSR count). The van der Waals surface area contributed by atoms with E-state index < -0.39 is 0 Å². The predicted octanol–water partition coefficient (Wildman–Crippen LogP) is 1.72. The first-order valence-electron chi connectivity index (χ1n) is 6.13. The Morgan fingerprint density at radius 3 is 3.00 bits per heavy atom. The molecule has 0 saturated carbocycles. The molecule has 0 fully saturated rings.